The number of hydrogen-bond donors (Lipinski definition) is 0. The number of fused-ring (bicyclic) bond motifs is 2. The highest BCUT2D eigenvalue weighted by atomic mass is 35.5. The van der Waals surface area contributed by atoms with Crippen molar-refractivity contribution in [3.63, 3.8) is 0 Å². The topological polar surface area (TPSA) is 103 Å². The van der Waals surface area contributed by atoms with Crippen molar-refractivity contribution >= 4 is 28.4 Å². The van der Waals surface area contributed by atoms with Gasteiger partial charge < -0.3 is 4.52 Å². The second-order valence-corrected chi connectivity index (χ2v) is 8.59. The van der Waals surface area contributed by atoms with Crippen molar-refractivity contribution in [1.82, 2.24) is 29.3 Å². The van der Waals surface area contributed by atoms with Gasteiger partial charge >= 0.3 is 0 Å². The fourth-order valence-electron chi connectivity index (χ4n) is 4.11. The van der Waals surface area contributed by atoms with Gasteiger partial charge in [0.25, 0.3) is 5.56 Å². The molecule has 1 aliphatic heterocycles. The van der Waals surface area contributed by atoms with E-state index in [2.05, 4.69) is 32.3 Å². The second-order valence-electron chi connectivity index (χ2n) is 8.15. The summed E-state index contributed by atoms with van der Waals surface area (Å²) in [5.74, 6) is 2.80. The lowest BCUT2D eigenvalue weighted by Crippen LogP contribution is -2.24. The Bertz CT molecular complexity index is 1370. The van der Waals surface area contributed by atoms with Crippen LogP contribution in [0.4, 0.5) is 5.82 Å². The van der Waals surface area contributed by atoms with Gasteiger partial charge in [-0.15, -0.1) is 10.2 Å². The van der Waals surface area contributed by atoms with Crippen molar-refractivity contribution in [1.29, 1.82) is 0 Å². The van der Waals surface area contributed by atoms with E-state index in [9.17, 15) is 4.79 Å². The number of aryl methyl sites for hydroxylation is 3. The average molecular weight is 466 g/mol. The zero-order valence-corrected chi connectivity index (χ0v) is 19.1. The molecule has 0 radical (unpaired) electrons. The first-order chi connectivity index (χ1) is 16.1. The summed E-state index contributed by atoms with van der Waals surface area (Å²) < 4.78 is 8.96. The Hall–Kier alpha value is -3.33. The van der Waals surface area contributed by atoms with E-state index < -0.39 is 0 Å². The minimum absolute atomic E-state index is 0.165. The maximum Gasteiger partial charge on any atom is 0.266 e. The highest BCUT2D eigenvalue weighted by Crippen LogP contribution is 2.27. The molecule has 5 rings (SSSR count). The fourth-order valence-corrected chi connectivity index (χ4v) is 4.32. The van der Waals surface area contributed by atoms with Crippen LogP contribution in [0.25, 0.3) is 5.78 Å². The third-order valence-corrected chi connectivity index (χ3v) is 5.97. The quantitative estimate of drug-likeness (QED) is 0.349. The summed E-state index contributed by atoms with van der Waals surface area (Å²) in [6.45, 7) is 2.86. The molecular weight excluding hydrogens is 442 g/mol. The number of halogens is 1. The molecule has 0 unspecified atom stereocenters. The third-order valence-electron chi connectivity index (χ3n) is 5.75. The van der Waals surface area contributed by atoms with Crippen LogP contribution < -0.4 is 5.56 Å². The molecule has 0 atom stereocenters. The molecule has 33 heavy (non-hydrogen) atoms. The lowest BCUT2D eigenvalue weighted by Gasteiger charge is -2.12. The molecule has 4 heterocycles. The van der Waals surface area contributed by atoms with Gasteiger partial charge in [-0.2, -0.15) is 4.98 Å². The number of nitrogens with zero attached hydrogens (tertiary/aromatic N) is 7. The van der Waals surface area contributed by atoms with Gasteiger partial charge in [-0.1, -0.05) is 66.9 Å². The Morgan fingerprint density at radius 1 is 1.12 bits per heavy atom. The van der Waals surface area contributed by atoms with Crippen LogP contribution in [0.1, 0.15) is 54.9 Å². The monoisotopic (exact) mass is 465 g/mol. The largest absolute Gasteiger partial charge is 0.339 e. The van der Waals surface area contributed by atoms with Crippen molar-refractivity contribution in [2.45, 2.75) is 58.4 Å². The molecule has 170 valence electrons. The minimum Gasteiger partial charge on any atom is -0.339 e. The van der Waals surface area contributed by atoms with Gasteiger partial charge in [0, 0.05) is 32.2 Å². The van der Waals surface area contributed by atoms with E-state index in [0.29, 0.717) is 72.1 Å². The van der Waals surface area contributed by atoms with E-state index in [1.54, 1.807) is 4.40 Å². The molecule has 0 bridgehead atoms. The molecule has 0 aliphatic carbocycles. The maximum absolute atomic E-state index is 13.2. The van der Waals surface area contributed by atoms with Crippen molar-refractivity contribution in [3.05, 3.63) is 69.4 Å². The van der Waals surface area contributed by atoms with Crippen LogP contribution in [0, 0.1) is 0 Å². The molecule has 1 aromatic carbocycles. The molecule has 9 nitrogen and oxygen atoms in total. The first kappa shape index (κ1) is 21.5. The average Bonchev–Trinajstić information content (AvgIpc) is 3.54. The summed E-state index contributed by atoms with van der Waals surface area (Å²) in [6, 6.07) is 9.99. The Labute approximate surface area is 195 Å². The molecule has 0 saturated heterocycles. The maximum atomic E-state index is 13.2. The molecule has 1 aliphatic rings. The van der Waals surface area contributed by atoms with Crippen LogP contribution in [0.2, 0.25) is 0 Å². The first-order valence-electron chi connectivity index (χ1n) is 11.2. The summed E-state index contributed by atoms with van der Waals surface area (Å²) >= 11 is 6.19. The van der Waals surface area contributed by atoms with Gasteiger partial charge in [0.1, 0.15) is 16.8 Å². The van der Waals surface area contributed by atoms with Gasteiger partial charge in [0.2, 0.25) is 11.7 Å². The molecule has 3 aromatic heterocycles. The number of unbranched alkanes of at least 4 members (excludes halogenated alkanes) is 2. The van der Waals surface area contributed by atoms with Gasteiger partial charge in [-0.25, -0.2) is 9.39 Å². The van der Waals surface area contributed by atoms with E-state index in [4.69, 9.17) is 16.1 Å². The van der Waals surface area contributed by atoms with Crippen LogP contribution in [-0.4, -0.2) is 34.5 Å². The Balaban J connectivity index is 1.39. The van der Waals surface area contributed by atoms with E-state index >= 15 is 0 Å². The molecule has 0 amide bonds. The fraction of sp³-hybridized carbons (Fsp3) is 0.391. The normalized spacial score (nSPS) is 13.0. The van der Waals surface area contributed by atoms with Crippen LogP contribution in [0.5, 0.6) is 0 Å². The Kier molecular flexibility index (Phi) is 6.04. The highest BCUT2D eigenvalue weighted by molar-refractivity contribution is 6.66. The number of rotatable bonds is 9. The minimum atomic E-state index is -0.165. The van der Waals surface area contributed by atoms with Gasteiger partial charge in [0.15, 0.2) is 5.82 Å². The zero-order chi connectivity index (χ0) is 22.8. The van der Waals surface area contributed by atoms with Crippen molar-refractivity contribution in [2.75, 3.05) is 0 Å². The van der Waals surface area contributed by atoms with Crippen molar-refractivity contribution in [2.24, 2.45) is 4.99 Å². The third kappa shape index (κ3) is 4.32. The molecule has 10 heteroatoms. The van der Waals surface area contributed by atoms with Crippen LogP contribution in [0.15, 0.2) is 44.6 Å². The Morgan fingerprint density at radius 2 is 1.97 bits per heavy atom. The lowest BCUT2D eigenvalue weighted by atomic mass is 10.1. The number of aliphatic imine (C=N–C) groups is 1. The number of aromatic nitrogens is 6. The second kappa shape index (κ2) is 9.27. The predicted octanol–water partition coefficient (Wildman–Crippen LogP) is 3.67. The molecule has 4 aromatic rings. The first-order valence-corrected chi connectivity index (χ1v) is 11.6. The number of hydrogen-bond acceptors (Lipinski definition) is 7. The van der Waals surface area contributed by atoms with Gasteiger partial charge in [-0.05, 0) is 12.0 Å². The predicted molar refractivity (Wildman–Crippen MR) is 124 cm³/mol. The van der Waals surface area contributed by atoms with E-state index in [0.717, 1.165) is 24.8 Å². The molecule has 0 N–H and O–H groups in total. The molecular formula is C23H24ClN7O2. The SMILES string of the molecule is CCCCCn1c2c(c(=O)n3c(CCc4nc(Cc5ccccc5)no4)nnc13)CC(Cl)=N2. The van der Waals surface area contributed by atoms with Gasteiger partial charge in [-0.3, -0.25) is 9.36 Å². The lowest BCUT2D eigenvalue weighted by molar-refractivity contribution is 0.373. The van der Waals surface area contributed by atoms with E-state index in [1.807, 2.05) is 34.9 Å². The van der Waals surface area contributed by atoms with Crippen LogP contribution >= 0.6 is 11.6 Å². The van der Waals surface area contributed by atoms with E-state index in [-0.39, 0.29) is 5.56 Å². The standard InChI is InChI=1S/C23H24ClN7O2/c1-2-3-7-12-30-21-16(14-17(24)25-21)22(32)31-19(27-28-23(30)31)10-11-20-26-18(29-33-20)13-15-8-5-4-6-9-15/h4-6,8-9H,2-3,7,10-14H2,1H3. The zero-order valence-electron chi connectivity index (χ0n) is 18.4. The van der Waals surface area contributed by atoms with Gasteiger partial charge in [0.05, 0.1) is 5.56 Å². The summed E-state index contributed by atoms with van der Waals surface area (Å²) in [4.78, 5) is 22.1. The number of benzene rings is 1. The molecule has 0 saturated carbocycles. The molecule has 0 spiro atoms. The molecule has 0 fully saturated rings. The summed E-state index contributed by atoms with van der Waals surface area (Å²) in [6.07, 6.45) is 4.99. The Morgan fingerprint density at radius 3 is 2.79 bits per heavy atom. The summed E-state index contributed by atoms with van der Waals surface area (Å²) in [5, 5.41) is 13.1. The summed E-state index contributed by atoms with van der Waals surface area (Å²) in [5.41, 5.74) is 1.54. The smallest absolute Gasteiger partial charge is 0.266 e. The highest BCUT2D eigenvalue weighted by Gasteiger charge is 2.25. The summed E-state index contributed by atoms with van der Waals surface area (Å²) in [7, 11) is 0. The van der Waals surface area contributed by atoms with Crippen LogP contribution in [0.3, 0.4) is 0 Å². The van der Waals surface area contributed by atoms with Crippen molar-refractivity contribution in [3.8, 4) is 0 Å². The van der Waals surface area contributed by atoms with Crippen LogP contribution in [-0.2, 0) is 32.2 Å². The van der Waals surface area contributed by atoms with Crippen molar-refractivity contribution < 1.29 is 4.52 Å². The van der Waals surface area contributed by atoms with E-state index in [1.165, 1.54) is 0 Å².